The van der Waals surface area contributed by atoms with Crippen molar-refractivity contribution in [3.8, 4) is 16.9 Å². The minimum Gasteiger partial charge on any atom is -0.302 e. The lowest BCUT2D eigenvalue weighted by atomic mass is 9.52. The summed E-state index contributed by atoms with van der Waals surface area (Å²) in [6.07, 6.45) is 1.97. The van der Waals surface area contributed by atoms with Crippen LogP contribution in [-0.4, -0.2) is 26.7 Å². The molecule has 52 heavy (non-hydrogen) atoms. The van der Waals surface area contributed by atoms with E-state index in [2.05, 4.69) is 10.6 Å². The molecule has 0 radical (unpaired) electrons. The maximum Gasteiger partial charge on any atom is 0.243 e. The van der Waals surface area contributed by atoms with E-state index in [0.717, 1.165) is 16.8 Å². The van der Waals surface area contributed by atoms with Crippen molar-refractivity contribution in [3.63, 3.8) is 0 Å². The molecule has 2 amide bonds. The molecule has 1 saturated heterocycles. The predicted octanol–water partition coefficient (Wildman–Crippen LogP) is 10.1. The van der Waals surface area contributed by atoms with Gasteiger partial charge in [-0.25, -0.2) is 4.68 Å². The summed E-state index contributed by atoms with van der Waals surface area (Å²) in [6, 6.07) is 38.9. The molecule has 0 saturated carbocycles. The molecule has 1 aliphatic carbocycles. The number of aromatic nitrogens is 2. The zero-order valence-corrected chi connectivity index (χ0v) is 30.8. The van der Waals surface area contributed by atoms with E-state index in [-0.39, 0.29) is 5.11 Å². The summed E-state index contributed by atoms with van der Waals surface area (Å²) in [7, 11) is 0. The number of carbonyl (C=O) groups is 2. The van der Waals surface area contributed by atoms with Gasteiger partial charge in [-0.05, 0) is 101 Å². The van der Waals surface area contributed by atoms with Crippen LogP contribution in [0, 0.1) is 5.41 Å². The summed E-state index contributed by atoms with van der Waals surface area (Å²) in [4.78, 5) is 30.2. The van der Waals surface area contributed by atoms with Gasteiger partial charge in [0, 0.05) is 43.1 Å². The van der Waals surface area contributed by atoms with Gasteiger partial charge < -0.3 is 10.6 Å². The van der Waals surface area contributed by atoms with E-state index >= 15 is 9.59 Å². The van der Waals surface area contributed by atoms with Gasteiger partial charge in [-0.15, -0.1) is 0 Å². The predicted molar refractivity (Wildman–Crippen MR) is 212 cm³/mol. The molecule has 5 aromatic carbocycles. The molecule has 1 fully saturated rings. The van der Waals surface area contributed by atoms with Crippen LogP contribution in [0.15, 0.2) is 127 Å². The van der Waals surface area contributed by atoms with E-state index < -0.39 is 29.1 Å². The van der Waals surface area contributed by atoms with E-state index in [0.29, 0.717) is 53.7 Å². The highest BCUT2D eigenvalue weighted by Gasteiger charge is 2.65. The third kappa shape index (κ3) is 5.83. The van der Waals surface area contributed by atoms with Crippen LogP contribution in [0.3, 0.4) is 0 Å². The molecule has 1 aromatic heterocycles. The van der Waals surface area contributed by atoms with Crippen LogP contribution < -0.4 is 10.6 Å². The molecule has 11 heteroatoms. The van der Waals surface area contributed by atoms with Crippen molar-refractivity contribution in [2.24, 2.45) is 5.41 Å². The van der Waals surface area contributed by atoms with Crippen molar-refractivity contribution in [1.82, 2.24) is 20.4 Å². The highest BCUT2D eigenvalue weighted by atomic mass is 35.5. The number of benzene rings is 5. The molecule has 256 valence electrons. The summed E-state index contributed by atoms with van der Waals surface area (Å²) in [5.74, 6) is -2.91. The van der Waals surface area contributed by atoms with Crippen LogP contribution >= 0.6 is 58.6 Å². The first kappa shape index (κ1) is 34.3. The Balaban J connectivity index is 1.59. The van der Waals surface area contributed by atoms with Gasteiger partial charge >= 0.3 is 0 Å². The number of halogens is 4. The van der Waals surface area contributed by atoms with Gasteiger partial charge in [0.1, 0.15) is 0 Å². The van der Waals surface area contributed by atoms with Gasteiger partial charge in [0.2, 0.25) is 11.8 Å². The smallest absolute Gasteiger partial charge is 0.243 e. The quantitative estimate of drug-likeness (QED) is 0.135. The topological polar surface area (TPSA) is 76.0 Å². The lowest BCUT2D eigenvalue weighted by Gasteiger charge is -2.49. The lowest BCUT2D eigenvalue weighted by molar-refractivity contribution is -0.145. The summed E-state index contributed by atoms with van der Waals surface area (Å²) in [5.41, 5.74) is 4.43. The highest BCUT2D eigenvalue weighted by Crippen LogP contribution is 2.63. The fraction of sp³-hybridized carbons (Fsp3) is 0.0732. The second kappa shape index (κ2) is 13.7. The van der Waals surface area contributed by atoms with E-state index in [9.17, 15) is 0 Å². The average molecular weight is 781 g/mol. The number of amides is 2. The molecule has 2 N–H and O–H groups in total. The minimum atomic E-state index is -1.85. The van der Waals surface area contributed by atoms with Gasteiger partial charge in [-0.2, -0.15) is 5.10 Å². The Morgan fingerprint density at radius 1 is 0.635 bits per heavy atom. The largest absolute Gasteiger partial charge is 0.302 e. The van der Waals surface area contributed by atoms with Gasteiger partial charge in [0.15, 0.2) is 10.5 Å². The normalized spacial score (nSPS) is 18.6. The van der Waals surface area contributed by atoms with Crippen LogP contribution in [0.2, 0.25) is 20.1 Å². The Morgan fingerprint density at radius 2 is 1.12 bits per heavy atom. The average Bonchev–Trinajstić information content (AvgIpc) is 3.53. The molecule has 1 spiro atoms. The van der Waals surface area contributed by atoms with Gasteiger partial charge in [0.25, 0.3) is 0 Å². The molecule has 2 unspecified atom stereocenters. The Kier molecular flexibility index (Phi) is 9.02. The molecule has 6 nitrogen and oxygen atoms in total. The molecular weight excluding hydrogens is 754 g/mol. The summed E-state index contributed by atoms with van der Waals surface area (Å²) < 4.78 is 1.87. The molecule has 0 bridgehead atoms. The molecule has 6 aromatic rings. The summed E-state index contributed by atoms with van der Waals surface area (Å²) in [5, 5.41) is 13.1. The third-order valence-electron chi connectivity index (χ3n) is 9.63. The third-order valence-corrected chi connectivity index (χ3v) is 10.8. The van der Waals surface area contributed by atoms with Crippen LogP contribution in [0.25, 0.3) is 28.6 Å². The Bertz CT molecular complexity index is 2370. The monoisotopic (exact) mass is 778 g/mol. The van der Waals surface area contributed by atoms with Gasteiger partial charge in [0.05, 0.1) is 17.1 Å². The number of hydrogen-bond donors (Lipinski definition) is 2. The SMILES string of the molecule is O=C1NC(=S)NC(=O)C12C(c1ccc(Cl)cc1)/C(=C/c1ccc(Cl)cc1)c1nn(-c3ccccc3)c(-c3ccc(Cl)cc3)c1C2c1ccc(Cl)cc1. The number of para-hydroxylation sites is 1. The molecule has 2 aliphatic rings. The number of hydrogen-bond acceptors (Lipinski definition) is 4. The van der Waals surface area contributed by atoms with Crippen LogP contribution in [0.4, 0.5) is 0 Å². The zero-order valence-electron chi connectivity index (χ0n) is 27.0. The Morgan fingerprint density at radius 3 is 1.65 bits per heavy atom. The van der Waals surface area contributed by atoms with E-state index in [1.54, 1.807) is 48.5 Å². The van der Waals surface area contributed by atoms with Crippen LogP contribution in [0.1, 0.15) is 39.8 Å². The van der Waals surface area contributed by atoms with E-state index in [1.807, 2.05) is 89.6 Å². The second-order valence-corrected chi connectivity index (χ2v) is 14.7. The number of thiocarbonyl (C=S) groups is 1. The Hall–Kier alpha value is -4.76. The lowest BCUT2D eigenvalue weighted by Crippen LogP contribution is -2.67. The van der Waals surface area contributed by atoms with Crippen LogP contribution in [-0.2, 0) is 9.59 Å². The molecule has 2 atom stereocenters. The molecular formula is C41H26Cl4N4O2S. The van der Waals surface area contributed by atoms with Crippen LogP contribution in [0.5, 0.6) is 0 Å². The maximum atomic E-state index is 15.1. The first-order valence-corrected chi connectivity index (χ1v) is 18.2. The van der Waals surface area contributed by atoms with Crippen molar-refractivity contribution in [3.05, 3.63) is 175 Å². The van der Waals surface area contributed by atoms with Gasteiger partial charge in [-0.1, -0.05) is 113 Å². The van der Waals surface area contributed by atoms with Crippen molar-refractivity contribution in [1.29, 1.82) is 0 Å². The number of carbonyl (C=O) groups excluding carboxylic acids is 2. The summed E-state index contributed by atoms with van der Waals surface area (Å²) in [6.45, 7) is 0. The summed E-state index contributed by atoms with van der Waals surface area (Å²) >= 11 is 31.1. The first-order valence-electron chi connectivity index (χ1n) is 16.2. The van der Waals surface area contributed by atoms with Crippen molar-refractivity contribution in [2.75, 3.05) is 0 Å². The highest BCUT2D eigenvalue weighted by molar-refractivity contribution is 7.80. The molecule has 8 rings (SSSR count). The zero-order chi connectivity index (χ0) is 36.1. The fourth-order valence-electron chi connectivity index (χ4n) is 7.48. The number of rotatable bonds is 5. The number of fused-ring (bicyclic) bond motifs is 1. The first-order chi connectivity index (χ1) is 25.1. The molecule has 1 aliphatic heterocycles. The van der Waals surface area contributed by atoms with Crippen molar-refractivity contribution >= 4 is 87.2 Å². The maximum absolute atomic E-state index is 15.1. The van der Waals surface area contributed by atoms with E-state index in [4.69, 9.17) is 63.7 Å². The standard InChI is InChI=1S/C41H26Cl4N4O2S/c42-27-14-6-23(7-15-27)22-32-34(24-8-16-28(43)17-9-24)41(38(50)46-40(52)47-39(41)51)35(25-10-18-29(44)19-11-25)33-36(32)48-49(31-4-2-1-3-5-31)37(33)26-12-20-30(45)21-13-26/h1-22,34-35H,(H2,46,47,50,51,52)/b32-22-. The number of nitrogens with zero attached hydrogens (tertiary/aromatic N) is 2. The van der Waals surface area contributed by atoms with Crippen molar-refractivity contribution in [2.45, 2.75) is 11.8 Å². The number of nitrogens with one attached hydrogen (secondary N) is 2. The van der Waals surface area contributed by atoms with E-state index in [1.165, 1.54) is 0 Å². The van der Waals surface area contributed by atoms with Crippen molar-refractivity contribution < 1.29 is 9.59 Å². The minimum absolute atomic E-state index is 0.0720. The molecule has 2 heterocycles. The number of allylic oxidation sites excluding steroid dienone is 1. The van der Waals surface area contributed by atoms with Gasteiger partial charge in [-0.3, -0.25) is 9.59 Å². The fourth-order valence-corrected chi connectivity index (χ4v) is 8.17. The second-order valence-electron chi connectivity index (χ2n) is 12.6. The Labute approximate surface area is 325 Å².